The highest BCUT2D eigenvalue weighted by Crippen LogP contribution is 2.24. The Hall–Kier alpha value is -1.14. The molecule has 1 aromatic rings. The molecular weight excluding hydrogens is 260 g/mol. The Balaban J connectivity index is 2.23. The van der Waals surface area contributed by atoms with Crippen LogP contribution in [-0.4, -0.2) is 53.4 Å². The molecule has 1 saturated heterocycles. The molecule has 1 fully saturated rings. The number of rotatable bonds is 2. The molecule has 2 N–H and O–H groups in total. The molecule has 0 bridgehead atoms. The lowest BCUT2D eigenvalue weighted by Crippen LogP contribution is -2.43. The lowest BCUT2D eigenvalue weighted by atomic mass is 10.1. The van der Waals surface area contributed by atoms with Crippen LogP contribution in [0.1, 0.15) is 35.1 Å². The summed E-state index contributed by atoms with van der Waals surface area (Å²) in [6, 6.07) is 0.280. The summed E-state index contributed by atoms with van der Waals surface area (Å²) in [5.74, 6) is 0.0915. The van der Waals surface area contributed by atoms with Crippen LogP contribution in [0.3, 0.4) is 0 Å². The molecule has 0 aromatic carbocycles. The molecule has 1 aliphatic heterocycles. The number of nitrogens with two attached hydrogens (primary N) is 1. The van der Waals surface area contributed by atoms with E-state index in [1.807, 2.05) is 11.8 Å². The Morgan fingerprint density at radius 3 is 2.84 bits per heavy atom. The van der Waals surface area contributed by atoms with E-state index >= 15 is 0 Å². The van der Waals surface area contributed by atoms with Crippen LogP contribution in [0.2, 0.25) is 0 Å². The van der Waals surface area contributed by atoms with Gasteiger partial charge in [-0.15, -0.1) is 0 Å². The summed E-state index contributed by atoms with van der Waals surface area (Å²) >= 11 is 1.30. The van der Waals surface area contributed by atoms with Crippen molar-refractivity contribution in [2.75, 3.05) is 32.4 Å². The number of aromatic nitrogens is 1. The van der Waals surface area contributed by atoms with E-state index in [4.69, 9.17) is 5.73 Å². The molecule has 1 atom stereocenters. The Morgan fingerprint density at radius 1 is 1.53 bits per heavy atom. The number of amides is 1. The number of hydrogen-bond acceptors (Lipinski definition) is 5. The normalized spacial score (nSPS) is 21.4. The summed E-state index contributed by atoms with van der Waals surface area (Å²) in [6.07, 6.45) is 2.00. The number of nitrogens with zero attached hydrogens (tertiary/aromatic N) is 3. The van der Waals surface area contributed by atoms with Crippen molar-refractivity contribution in [3.63, 3.8) is 0 Å². The van der Waals surface area contributed by atoms with Crippen LogP contribution in [0, 0.1) is 6.92 Å². The Bertz CT molecular complexity index is 459. The minimum absolute atomic E-state index is 0.0915. The molecule has 19 heavy (non-hydrogen) atoms. The van der Waals surface area contributed by atoms with E-state index in [0.29, 0.717) is 10.0 Å². The summed E-state index contributed by atoms with van der Waals surface area (Å²) in [6.45, 7) is 6.79. The van der Waals surface area contributed by atoms with Crippen molar-refractivity contribution in [3.8, 4) is 0 Å². The predicted molar refractivity (Wildman–Crippen MR) is 78.5 cm³/mol. The molecule has 1 aliphatic rings. The Kier molecular flexibility index (Phi) is 4.42. The van der Waals surface area contributed by atoms with Gasteiger partial charge in [-0.3, -0.25) is 4.79 Å². The lowest BCUT2D eigenvalue weighted by Gasteiger charge is -2.30. The van der Waals surface area contributed by atoms with Crippen LogP contribution < -0.4 is 5.73 Å². The van der Waals surface area contributed by atoms with E-state index in [0.717, 1.165) is 38.2 Å². The maximum atomic E-state index is 12.7. The fourth-order valence-corrected chi connectivity index (χ4v) is 3.40. The van der Waals surface area contributed by atoms with Gasteiger partial charge in [0.1, 0.15) is 4.88 Å². The summed E-state index contributed by atoms with van der Waals surface area (Å²) in [7, 11) is 2.12. The van der Waals surface area contributed by atoms with Crippen molar-refractivity contribution >= 4 is 22.4 Å². The predicted octanol–water partition coefficient (Wildman–Crippen LogP) is 1.59. The van der Waals surface area contributed by atoms with Gasteiger partial charge in [-0.05, 0) is 33.4 Å². The van der Waals surface area contributed by atoms with Crippen LogP contribution in [-0.2, 0) is 0 Å². The van der Waals surface area contributed by atoms with E-state index in [2.05, 4.69) is 23.9 Å². The largest absolute Gasteiger partial charge is 0.375 e. The molecule has 1 unspecified atom stereocenters. The van der Waals surface area contributed by atoms with Crippen LogP contribution >= 0.6 is 11.3 Å². The van der Waals surface area contributed by atoms with Gasteiger partial charge in [-0.2, -0.15) is 0 Å². The van der Waals surface area contributed by atoms with Crippen molar-refractivity contribution in [1.29, 1.82) is 0 Å². The fourth-order valence-electron chi connectivity index (χ4n) is 2.61. The second-order valence-corrected chi connectivity index (χ2v) is 6.17. The minimum atomic E-state index is 0.0915. The van der Waals surface area contributed by atoms with E-state index in [1.54, 1.807) is 0 Å². The average Bonchev–Trinajstić information content (AvgIpc) is 2.59. The number of nitrogen functional groups attached to an aromatic ring is 1. The third-order valence-corrected chi connectivity index (χ3v) is 4.62. The summed E-state index contributed by atoms with van der Waals surface area (Å²) in [4.78, 5) is 21.8. The first-order valence-electron chi connectivity index (χ1n) is 6.75. The van der Waals surface area contributed by atoms with E-state index in [1.165, 1.54) is 11.3 Å². The van der Waals surface area contributed by atoms with Gasteiger partial charge in [0.2, 0.25) is 0 Å². The highest BCUT2D eigenvalue weighted by molar-refractivity contribution is 7.17. The smallest absolute Gasteiger partial charge is 0.266 e. The Morgan fingerprint density at radius 2 is 2.26 bits per heavy atom. The van der Waals surface area contributed by atoms with Gasteiger partial charge in [0.05, 0.1) is 5.69 Å². The molecular formula is C13H22N4OS. The number of aryl methyl sites for hydroxylation is 1. The molecule has 6 heteroatoms. The van der Waals surface area contributed by atoms with Crippen LogP contribution in [0.5, 0.6) is 0 Å². The van der Waals surface area contributed by atoms with Gasteiger partial charge in [0.15, 0.2) is 5.13 Å². The summed E-state index contributed by atoms with van der Waals surface area (Å²) in [5.41, 5.74) is 6.45. The molecule has 0 saturated carbocycles. The van der Waals surface area contributed by atoms with Gasteiger partial charge in [0.25, 0.3) is 5.91 Å². The molecule has 2 rings (SSSR count). The second-order valence-electron chi connectivity index (χ2n) is 5.14. The first-order chi connectivity index (χ1) is 9.02. The molecule has 0 aliphatic carbocycles. The number of anilines is 1. The van der Waals surface area contributed by atoms with Gasteiger partial charge < -0.3 is 15.5 Å². The third-order valence-electron chi connectivity index (χ3n) is 3.64. The highest BCUT2D eigenvalue weighted by Gasteiger charge is 2.29. The number of carbonyl (C=O) groups is 1. The fraction of sp³-hybridized carbons (Fsp3) is 0.692. The first kappa shape index (κ1) is 14.3. The van der Waals surface area contributed by atoms with Gasteiger partial charge in [-0.1, -0.05) is 18.3 Å². The Labute approximate surface area is 118 Å². The zero-order chi connectivity index (χ0) is 14.0. The summed E-state index contributed by atoms with van der Waals surface area (Å²) < 4.78 is 0. The van der Waals surface area contributed by atoms with Crippen LogP contribution in [0.15, 0.2) is 0 Å². The number of hydrogen-bond donors (Lipinski definition) is 1. The van der Waals surface area contributed by atoms with Crippen LogP contribution in [0.4, 0.5) is 5.13 Å². The van der Waals surface area contributed by atoms with Gasteiger partial charge >= 0.3 is 0 Å². The maximum absolute atomic E-state index is 12.7. The maximum Gasteiger partial charge on any atom is 0.266 e. The average molecular weight is 282 g/mol. The number of thiazole rings is 1. The number of likely N-dealkylation sites (N-methyl/N-ethyl adjacent to an activating group) is 1. The standard InChI is InChI=1S/C13H22N4OS/c1-4-10-8-16(3)6-5-7-17(10)12(18)11-9(2)15-13(14)19-11/h10H,4-8H2,1-3H3,(H2,14,15). The zero-order valence-electron chi connectivity index (χ0n) is 11.8. The zero-order valence-corrected chi connectivity index (χ0v) is 12.7. The van der Waals surface area contributed by atoms with Gasteiger partial charge in [0, 0.05) is 19.1 Å². The first-order valence-corrected chi connectivity index (χ1v) is 7.57. The van der Waals surface area contributed by atoms with Crippen molar-refractivity contribution < 1.29 is 4.79 Å². The molecule has 0 radical (unpaired) electrons. The monoisotopic (exact) mass is 282 g/mol. The van der Waals surface area contributed by atoms with Gasteiger partial charge in [-0.25, -0.2) is 4.98 Å². The molecule has 106 valence electrons. The third kappa shape index (κ3) is 3.06. The van der Waals surface area contributed by atoms with Crippen molar-refractivity contribution in [2.45, 2.75) is 32.7 Å². The molecule has 0 spiro atoms. The van der Waals surface area contributed by atoms with Crippen molar-refractivity contribution in [3.05, 3.63) is 10.6 Å². The van der Waals surface area contributed by atoms with E-state index < -0.39 is 0 Å². The van der Waals surface area contributed by atoms with Crippen LogP contribution in [0.25, 0.3) is 0 Å². The topological polar surface area (TPSA) is 62.5 Å². The quantitative estimate of drug-likeness (QED) is 0.895. The minimum Gasteiger partial charge on any atom is -0.375 e. The summed E-state index contributed by atoms with van der Waals surface area (Å²) in [5, 5.41) is 0.473. The van der Waals surface area contributed by atoms with E-state index in [-0.39, 0.29) is 11.9 Å². The van der Waals surface area contributed by atoms with Crippen molar-refractivity contribution in [2.24, 2.45) is 0 Å². The van der Waals surface area contributed by atoms with E-state index in [9.17, 15) is 4.79 Å². The molecule has 1 aromatic heterocycles. The second kappa shape index (κ2) is 5.88. The highest BCUT2D eigenvalue weighted by atomic mass is 32.1. The van der Waals surface area contributed by atoms with Crippen molar-refractivity contribution in [1.82, 2.24) is 14.8 Å². The lowest BCUT2D eigenvalue weighted by molar-refractivity contribution is 0.0680. The molecule has 2 heterocycles. The molecule has 5 nitrogen and oxygen atoms in total. The number of carbonyl (C=O) groups excluding carboxylic acids is 1. The molecule has 1 amide bonds. The SMILES string of the molecule is CCC1CN(C)CCCN1C(=O)c1sc(N)nc1C.